The number of hydrogen-bond donors (Lipinski definition) is 1. The molecule has 156 valence electrons. The highest BCUT2D eigenvalue weighted by Crippen LogP contribution is 2.18. The van der Waals surface area contributed by atoms with Gasteiger partial charge in [0, 0.05) is 19.8 Å². The van der Waals surface area contributed by atoms with Crippen molar-refractivity contribution >= 4 is 27.5 Å². The van der Waals surface area contributed by atoms with Gasteiger partial charge in [0.15, 0.2) is 5.82 Å². The minimum absolute atomic E-state index is 0.0300. The van der Waals surface area contributed by atoms with Gasteiger partial charge in [0.2, 0.25) is 10.0 Å². The second-order valence-corrected chi connectivity index (χ2v) is 8.93. The summed E-state index contributed by atoms with van der Waals surface area (Å²) in [5, 5.41) is 11.1. The Hall–Kier alpha value is -3.30. The van der Waals surface area contributed by atoms with Crippen LogP contribution < -0.4 is 5.32 Å². The van der Waals surface area contributed by atoms with E-state index in [1.54, 1.807) is 36.4 Å². The number of nitrogens with zero attached hydrogens (tertiary/aromatic N) is 3. The number of nitrogens with one attached hydrogen (secondary N) is 1. The second kappa shape index (κ2) is 9.02. The zero-order chi connectivity index (χ0) is 21.7. The molecule has 3 rings (SSSR count). The molecule has 3 aromatic rings. The Morgan fingerprint density at radius 3 is 2.40 bits per heavy atom. The fraction of sp³-hybridized carbons (Fsp3) is 0.190. The van der Waals surface area contributed by atoms with Crippen molar-refractivity contribution in [2.45, 2.75) is 18.4 Å². The topological polar surface area (TPSA) is 101 Å². The number of hydrogen-bond acceptors (Lipinski definition) is 7. The van der Waals surface area contributed by atoms with Gasteiger partial charge in [-0.25, -0.2) is 17.5 Å². The molecule has 0 atom stereocenters. The van der Waals surface area contributed by atoms with Crippen molar-refractivity contribution in [2.75, 3.05) is 19.4 Å². The number of rotatable bonds is 7. The SMILES string of the molecule is Cc1ccc(Nc2cccc(C(=O)OCc3ccc(S(=O)(=O)N(C)C)cc3)c2)nn1. The minimum atomic E-state index is -3.49. The van der Waals surface area contributed by atoms with Gasteiger partial charge in [0.05, 0.1) is 16.2 Å². The van der Waals surface area contributed by atoms with Gasteiger partial charge in [-0.15, -0.1) is 5.10 Å². The first-order valence-corrected chi connectivity index (χ1v) is 10.6. The molecule has 30 heavy (non-hydrogen) atoms. The van der Waals surface area contributed by atoms with Gasteiger partial charge >= 0.3 is 5.97 Å². The highest BCUT2D eigenvalue weighted by Gasteiger charge is 2.16. The van der Waals surface area contributed by atoms with E-state index in [9.17, 15) is 13.2 Å². The Morgan fingerprint density at radius 1 is 1.03 bits per heavy atom. The number of aromatic nitrogens is 2. The fourth-order valence-electron chi connectivity index (χ4n) is 2.54. The zero-order valence-electron chi connectivity index (χ0n) is 16.9. The van der Waals surface area contributed by atoms with Crippen molar-refractivity contribution < 1.29 is 17.9 Å². The van der Waals surface area contributed by atoms with Crippen LogP contribution in [0.4, 0.5) is 11.5 Å². The number of ether oxygens (including phenoxy) is 1. The molecule has 0 aliphatic carbocycles. The molecular formula is C21H22N4O4S. The third kappa shape index (κ3) is 5.19. The molecular weight excluding hydrogens is 404 g/mol. The summed E-state index contributed by atoms with van der Waals surface area (Å²) >= 11 is 0. The molecule has 0 amide bonds. The highest BCUT2D eigenvalue weighted by atomic mass is 32.2. The average molecular weight is 426 g/mol. The Bertz CT molecular complexity index is 1130. The van der Waals surface area contributed by atoms with Crippen LogP contribution in [0.25, 0.3) is 0 Å². The van der Waals surface area contributed by atoms with Gasteiger partial charge in [-0.3, -0.25) is 0 Å². The number of anilines is 2. The molecule has 0 radical (unpaired) electrons. The Morgan fingerprint density at radius 2 is 1.77 bits per heavy atom. The van der Waals surface area contributed by atoms with E-state index in [0.717, 1.165) is 10.00 Å². The molecule has 0 fully saturated rings. The van der Waals surface area contributed by atoms with Crippen molar-refractivity contribution in [3.8, 4) is 0 Å². The molecule has 0 saturated heterocycles. The summed E-state index contributed by atoms with van der Waals surface area (Å²) < 4.78 is 30.7. The normalized spacial score (nSPS) is 11.3. The van der Waals surface area contributed by atoms with Crippen LogP contribution in [0.15, 0.2) is 65.6 Å². The molecule has 0 aliphatic heterocycles. The molecule has 0 spiro atoms. The average Bonchev–Trinajstić information content (AvgIpc) is 2.74. The van der Waals surface area contributed by atoms with Gasteiger partial charge < -0.3 is 10.1 Å². The number of carbonyl (C=O) groups excluding carboxylic acids is 1. The van der Waals surface area contributed by atoms with Crippen LogP contribution in [0.1, 0.15) is 21.6 Å². The highest BCUT2D eigenvalue weighted by molar-refractivity contribution is 7.89. The molecule has 0 saturated carbocycles. The van der Waals surface area contributed by atoms with E-state index in [-0.39, 0.29) is 11.5 Å². The summed E-state index contributed by atoms with van der Waals surface area (Å²) in [5.41, 5.74) is 2.56. The van der Waals surface area contributed by atoms with Crippen LogP contribution in [0, 0.1) is 6.92 Å². The smallest absolute Gasteiger partial charge is 0.338 e. The first kappa shape index (κ1) is 21.4. The van der Waals surface area contributed by atoms with Crippen molar-refractivity contribution in [3.05, 3.63) is 77.5 Å². The summed E-state index contributed by atoms with van der Waals surface area (Å²) in [6.45, 7) is 1.88. The van der Waals surface area contributed by atoms with E-state index in [2.05, 4.69) is 15.5 Å². The number of esters is 1. The summed E-state index contributed by atoms with van der Waals surface area (Å²) in [5.74, 6) is 0.0810. The van der Waals surface area contributed by atoms with Crippen LogP contribution in [0.5, 0.6) is 0 Å². The molecule has 1 N–H and O–H groups in total. The van der Waals surface area contributed by atoms with Crippen molar-refractivity contribution in [1.82, 2.24) is 14.5 Å². The molecule has 1 aromatic heterocycles. The van der Waals surface area contributed by atoms with Crippen LogP contribution >= 0.6 is 0 Å². The zero-order valence-corrected chi connectivity index (χ0v) is 17.7. The molecule has 8 nitrogen and oxygen atoms in total. The molecule has 0 aliphatic rings. The fourth-order valence-corrected chi connectivity index (χ4v) is 3.44. The van der Waals surface area contributed by atoms with Gasteiger partial charge in [-0.2, -0.15) is 5.10 Å². The van der Waals surface area contributed by atoms with Gasteiger partial charge in [-0.1, -0.05) is 18.2 Å². The van der Waals surface area contributed by atoms with E-state index in [4.69, 9.17) is 4.74 Å². The van der Waals surface area contributed by atoms with E-state index < -0.39 is 16.0 Å². The van der Waals surface area contributed by atoms with E-state index in [0.29, 0.717) is 22.6 Å². The standard InChI is InChI=1S/C21H22N4O4S/c1-15-7-12-20(24-23-15)22-18-6-4-5-17(13-18)21(26)29-14-16-8-10-19(11-9-16)30(27,28)25(2)3/h4-13H,14H2,1-3H3,(H,22,24). The monoisotopic (exact) mass is 426 g/mol. The predicted octanol–water partition coefficient (Wildman–Crippen LogP) is 3.14. The van der Waals surface area contributed by atoms with Crippen LogP contribution in [-0.4, -0.2) is 43.0 Å². The summed E-state index contributed by atoms with van der Waals surface area (Å²) in [6.07, 6.45) is 0. The van der Waals surface area contributed by atoms with Crippen molar-refractivity contribution in [1.29, 1.82) is 0 Å². The lowest BCUT2D eigenvalue weighted by atomic mass is 10.2. The number of sulfonamides is 1. The number of aryl methyl sites for hydroxylation is 1. The lowest BCUT2D eigenvalue weighted by molar-refractivity contribution is 0.0472. The predicted molar refractivity (Wildman–Crippen MR) is 113 cm³/mol. The van der Waals surface area contributed by atoms with E-state index in [1.165, 1.54) is 26.2 Å². The second-order valence-electron chi connectivity index (χ2n) is 6.77. The third-order valence-electron chi connectivity index (χ3n) is 4.24. The van der Waals surface area contributed by atoms with Crippen LogP contribution in [0.3, 0.4) is 0 Å². The Labute approximate surface area is 175 Å². The van der Waals surface area contributed by atoms with Crippen molar-refractivity contribution in [2.24, 2.45) is 0 Å². The first-order chi connectivity index (χ1) is 14.3. The summed E-state index contributed by atoms with van der Waals surface area (Å²) in [6, 6.07) is 16.7. The molecule has 2 aromatic carbocycles. The largest absolute Gasteiger partial charge is 0.457 e. The first-order valence-electron chi connectivity index (χ1n) is 9.12. The Balaban J connectivity index is 1.63. The molecule has 1 heterocycles. The molecule has 9 heteroatoms. The van der Waals surface area contributed by atoms with E-state index >= 15 is 0 Å². The Kier molecular flexibility index (Phi) is 6.43. The van der Waals surface area contributed by atoms with Crippen LogP contribution in [-0.2, 0) is 21.4 Å². The number of benzene rings is 2. The van der Waals surface area contributed by atoms with Crippen LogP contribution in [0.2, 0.25) is 0 Å². The summed E-state index contributed by atoms with van der Waals surface area (Å²) in [4.78, 5) is 12.6. The number of carbonyl (C=O) groups is 1. The lowest BCUT2D eigenvalue weighted by Gasteiger charge is -2.12. The maximum Gasteiger partial charge on any atom is 0.338 e. The van der Waals surface area contributed by atoms with Gasteiger partial charge in [0.25, 0.3) is 0 Å². The van der Waals surface area contributed by atoms with Gasteiger partial charge in [-0.05, 0) is 55.0 Å². The lowest BCUT2D eigenvalue weighted by Crippen LogP contribution is -2.22. The molecule has 0 unspecified atom stereocenters. The third-order valence-corrected chi connectivity index (χ3v) is 6.07. The van der Waals surface area contributed by atoms with Gasteiger partial charge in [0.1, 0.15) is 6.61 Å². The maximum absolute atomic E-state index is 12.4. The summed E-state index contributed by atoms with van der Waals surface area (Å²) in [7, 11) is -0.549. The molecule has 0 bridgehead atoms. The quantitative estimate of drug-likeness (QED) is 0.579. The maximum atomic E-state index is 12.4. The van der Waals surface area contributed by atoms with E-state index in [1.807, 2.05) is 19.1 Å². The minimum Gasteiger partial charge on any atom is -0.457 e. The van der Waals surface area contributed by atoms with Crippen molar-refractivity contribution in [3.63, 3.8) is 0 Å².